The van der Waals surface area contributed by atoms with E-state index in [9.17, 15) is 13.5 Å². The molecule has 0 amide bonds. The highest BCUT2D eigenvalue weighted by Gasteiger charge is 2.40. The number of halogens is 1. The fourth-order valence-electron chi connectivity index (χ4n) is 4.95. The first-order valence-corrected chi connectivity index (χ1v) is 13.3. The van der Waals surface area contributed by atoms with Gasteiger partial charge in [0.2, 0.25) is 10.0 Å². The monoisotopic (exact) mass is 475 g/mol. The number of aliphatic hydroxyl groups is 1. The largest absolute Gasteiger partial charge is 0.379 e. The molecule has 0 aromatic heterocycles. The van der Waals surface area contributed by atoms with Crippen molar-refractivity contribution in [2.45, 2.75) is 57.2 Å². The van der Waals surface area contributed by atoms with Gasteiger partial charge in [-0.15, -0.1) is 0 Å². The van der Waals surface area contributed by atoms with Gasteiger partial charge >= 0.3 is 0 Å². The van der Waals surface area contributed by atoms with Gasteiger partial charge < -0.3 is 10.0 Å². The molecule has 33 heavy (non-hydrogen) atoms. The molecule has 0 saturated carbocycles. The van der Waals surface area contributed by atoms with Crippen molar-refractivity contribution in [3.05, 3.63) is 65.5 Å². The standard InChI is InChI=1S/C25H34FN3O3S/c1-19-9-12-25(21-7-4-3-5-8-21)33(31,32)29(19)18-22-10-11-23(17-24(22)26)28-14-6-13-27(15-16-28)20(2)30/h3-5,7-8,10-11,17,19-20,25,30H,6,9,12-16,18H2,1-2H3. The van der Waals surface area contributed by atoms with Crippen molar-refractivity contribution in [3.8, 4) is 0 Å². The third kappa shape index (κ3) is 5.24. The molecule has 2 fully saturated rings. The summed E-state index contributed by atoms with van der Waals surface area (Å²) < 4.78 is 43.5. The molecule has 8 heteroatoms. The second kappa shape index (κ2) is 10.1. The molecule has 180 valence electrons. The minimum Gasteiger partial charge on any atom is -0.379 e. The second-order valence-electron chi connectivity index (χ2n) is 9.20. The van der Waals surface area contributed by atoms with E-state index < -0.39 is 21.5 Å². The van der Waals surface area contributed by atoms with Gasteiger partial charge in [0.1, 0.15) is 17.3 Å². The van der Waals surface area contributed by atoms with Crippen LogP contribution in [0, 0.1) is 5.82 Å². The number of aliphatic hydroxyl groups excluding tert-OH is 1. The summed E-state index contributed by atoms with van der Waals surface area (Å²) in [5.41, 5.74) is 1.97. The zero-order valence-electron chi connectivity index (χ0n) is 19.4. The SMILES string of the molecule is CC(O)N1CCCN(c2ccc(CN3C(C)CCC(c4ccccc4)S3(=O)=O)c(F)c2)CC1. The van der Waals surface area contributed by atoms with Crippen LogP contribution in [0.5, 0.6) is 0 Å². The lowest BCUT2D eigenvalue weighted by Crippen LogP contribution is -2.44. The van der Waals surface area contributed by atoms with E-state index in [1.165, 1.54) is 10.4 Å². The minimum atomic E-state index is -3.60. The van der Waals surface area contributed by atoms with Crippen LogP contribution in [0.3, 0.4) is 0 Å². The topological polar surface area (TPSA) is 64.1 Å². The fraction of sp³-hybridized carbons (Fsp3) is 0.520. The number of hydrogen-bond donors (Lipinski definition) is 1. The van der Waals surface area contributed by atoms with Gasteiger partial charge in [-0.2, -0.15) is 4.31 Å². The first kappa shape index (κ1) is 24.1. The maximum atomic E-state index is 15.2. The molecule has 2 saturated heterocycles. The highest BCUT2D eigenvalue weighted by Crippen LogP contribution is 2.38. The zero-order valence-corrected chi connectivity index (χ0v) is 20.2. The van der Waals surface area contributed by atoms with E-state index in [1.807, 2.05) is 48.2 Å². The second-order valence-corrected chi connectivity index (χ2v) is 11.3. The van der Waals surface area contributed by atoms with E-state index in [0.29, 0.717) is 25.1 Å². The maximum Gasteiger partial charge on any atom is 0.221 e. The van der Waals surface area contributed by atoms with Crippen LogP contribution in [0.4, 0.5) is 10.1 Å². The Kier molecular flexibility index (Phi) is 7.38. The molecule has 0 spiro atoms. The van der Waals surface area contributed by atoms with Crippen LogP contribution < -0.4 is 4.90 Å². The summed E-state index contributed by atoms with van der Waals surface area (Å²) in [4.78, 5) is 4.14. The predicted molar refractivity (Wildman–Crippen MR) is 129 cm³/mol. The van der Waals surface area contributed by atoms with Crippen molar-refractivity contribution in [3.63, 3.8) is 0 Å². The van der Waals surface area contributed by atoms with Crippen LogP contribution in [0.25, 0.3) is 0 Å². The third-order valence-corrected chi connectivity index (χ3v) is 9.35. The molecule has 2 aliphatic heterocycles. The predicted octanol–water partition coefficient (Wildman–Crippen LogP) is 3.73. The fourth-order valence-corrected chi connectivity index (χ4v) is 7.14. The molecular weight excluding hydrogens is 441 g/mol. The van der Waals surface area contributed by atoms with Gasteiger partial charge in [-0.05, 0) is 50.8 Å². The molecule has 2 aromatic carbocycles. The highest BCUT2D eigenvalue weighted by atomic mass is 32.2. The quantitative estimate of drug-likeness (QED) is 0.714. The number of hydrogen-bond acceptors (Lipinski definition) is 5. The Bertz CT molecular complexity index is 1050. The summed E-state index contributed by atoms with van der Waals surface area (Å²) in [6.45, 7) is 6.72. The van der Waals surface area contributed by atoms with Crippen LogP contribution in [-0.4, -0.2) is 61.2 Å². The summed E-state index contributed by atoms with van der Waals surface area (Å²) in [5.74, 6) is -0.381. The summed E-state index contributed by atoms with van der Waals surface area (Å²) in [6.07, 6.45) is 1.71. The molecule has 0 bridgehead atoms. The number of nitrogens with zero attached hydrogens (tertiary/aromatic N) is 3. The maximum absolute atomic E-state index is 15.2. The lowest BCUT2D eigenvalue weighted by molar-refractivity contribution is 0.0238. The van der Waals surface area contributed by atoms with E-state index in [0.717, 1.165) is 37.2 Å². The average Bonchev–Trinajstić information content (AvgIpc) is 3.04. The van der Waals surface area contributed by atoms with Gasteiger partial charge in [-0.3, -0.25) is 4.90 Å². The summed E-state index contributed by atoms with van der Waals surface area (Å²) in [6, 6.07) is 14.2. The molecule has 2 heterocycles. The number of sulfonamides is 1. The third-order valence-electron chi connectivity index (χ3n) is 6.98. The van der Waals surface area contributed by atoms with E-state index >= 15 is 4.39 Å². The molecule has 4 rings (SSSR count). The smallest absolute Gasteiger partial charge is 0.221 e. The molecule has 2 aromatic rings. The van der Waals surface area contributed by atoms with Crippen LogP contribution >= 0.6 is 0 Å². The summed E-state index contributed by atoms with van der Waals surface area (Å²) in [5, 5.41) is 9.25. The van der Waals surface area contributed by atoms with Crippen molar-refractivity contribution in [2.75, 3.05) is 31.1 Å². The van der Waals surface area contributed by atoms with E-state index in [-0.39, 0.29) is 18.4 Å². The van der Waals surface area contributed by atoms with Crippen LogP contribution in [0.1, 0.15) is 49.5 Å². The Hall–Kier alpha value is -2.00. The Balaban J connectivity index is 1.51. The lowest BCUT2D eigenvalue weighted by atomic mass is 10.0. The first-order chi connectivity index (χ1) is 15.8. The lowest BCUT2D eigenvalue weighted by Gasteiger charge is -2.37. The molecule has 0 aliphatic carbocycles. The summed E-state index contributed by atoms with van der Waals surface area (Å²) in [7, 11) is -3.60. The van der Waals surface area contributed by atoms with Gasteiger partial charge in [0, 0.05) is 50.0 Å². The van der Waals surface area contributed by atoms with Crippen molar-refractivity contribution in [2.24, 2.45) is 0 Å². The van der Waals surface area contributed by atoms with Crippen molar-refractivity contribution < 1.29 is 17.9 Å². The van der Waals surface area contributed by atoms with E-state index in [1.54, 1.807) is 13.0 Å². The van der Waals surface area contributed by atoms with Crippen molar-refractivity contribution in [1.29, 1.82) is 0 Å². The Morgan fingerprint density at radius 3 is 2.52 bits per heavy atom. The molecule has 1 N–H and O–H groups in total. The van der Waals surface area contributed by atoms with Crippen LogP contribution in [-0.2, 0) is 16.6 Å². The average molecular weight is 476 g/mol. The molecular formula is C25H34FN3O3S. The molecule has 3 atom stereocenters. The Labute approximate surface area is 196 Å². The van der Waals surface area contributed by atoms with Crippen molar-refractivity contribution >= 4 is 15.7 Å². The Morgan fingerprint density at radius 1 is 1.06 bits per heavy atom. The van der Waals surface area contributed by atoms with Gasteiger partial charge in [0.25, 0.3) is 0 Å². The van der Waals surface area contributed by atoms with Crippen molar-refractivity contribution in [1.82, 2.24) is 9.21 Å². The zero-order chi connectivity index (χ0) is 23.6. The number of rotatable bonds is 5. The minimum absolute atomic E-state index is 0.0365. The summed E-state index contributed by atoms with van der Waals surface area (Å²) >= 11 is 0. The molecule has 6 nitrogen and oxygen atoms in total. The van der Waals surface area contributed by atoms with E-state index in [4.69, 9.17) is 0 Å². The molecule has 0 radical (unpaired) electrons. The molecule has 3 unspecified atom stereocenters. The highest BCUT2D eigenvalue weighted by molar-refractivity contribution is 7.89. The number of anilines is 1. The Morgan fingerprint density at radius 2 is 1.82 bits per heavy atom. The van der Waals surface area contributed by atoms with Crippen LogP contribution in [0.15, 0.2) is 48.5 Å². The number of benzene rings is 2. The molecule has 2 aliphatic rings. The van der Waals surface area contributed by atoms with Gasteiger partial charge in [-0.25, -0.2) is 12.8 Å². The first-order valence-electron chi connectivity index (χ1n) is 11.8. The van der Waals surface area contributed by atoms with E-state index in [2.05, 4.69) is 4.90 Å². The van der Waals surface area contributed by atoms with Gasteiger partial charge in [0.05, 0.1) is 0 Å². The van der Waals surface area contributed by atoms with Gasteiger partial charge in [-0.1, -0.05) is 36.4 Å². The van der Waals surface area contributed by atoms with Crippen LogP contribution in [0.2, 0.25) is 0 Å². The van der Waals surface area contributed by atoms with Gasteiger partial charge in [0.15, 0.2) is 0 Å². The normalized spacial score (nSPS) is 25.5.